The monoisotopic (exact) mass is 216 g/mol. The molecule has 0 amide bonds. The van der Waals surface area contributed by atoms with Crippen molar-refractivity contribution in [2.45, 2.75) is 13.3 Å². The molecule has 0 bridgehead atoms. The van der Waals surface area contributed by atoms with E-state index in [1.807, 2.05) is 30.3 Å². The summed E-state index contributed by atoms with van der Waals surface area (Å²) in [6, 6.07) is 11.2. The molecule has 4 nitrogen and oxygen atoms in total. The van der Waals surface area contributed by atoms with E-state index in [0.29, 0.717) is 6.61 Å². The van der Waals surface area contributed by atoms with Gasteiger partial charge in [0.1, 0.15) is 6.73 Å². The molecule has 0 fully saturated rings. The van der Waals surface area contributed by atoms with Gasteiger partial charge in [-0.1, -0.05) is 30.3 Å². The first kappa shape index (κ1) is 10.6. The Labute approximate surface area is 93.1 Å². The second-order valence-corrected chi connectivity index (χ2v) is 3.35. The summed E-state index contributed by atoms with van der Waals surface area (Å²) >= 11 is 0. The van der Waals surface area contributed by atoms with Crippen molar-refractivity contribution in [2.75, 3.05) is 0 Å². The predicted octanol–water partition coefficient (Wildman–Crippen LogP) is 1.42. The van der Waals surface area contributed by atoms with Crippen LogP contribution in [0.3, 0.4) is 0 Å². The third-order valence-corrected chi connectivity index (χ3v) is 2.13. The Hall–Kier alpha value is -1.94. The summed E-state index contributed by atoms with van der Waals surface area (Å²) in [4.78, 5) is 15.2. The summed E-state index contributed by atoms with van der Waals surface area (Å²) in [5, 5.41) is 0. The smallest absolute Gasteiger partial charge is 0.255 e. The average molecular weight is 216 g/mol. The Morgan fingerprint density at radius 2 is 2.00 bits per heavy atom. The van der Waals surface area contributed by atoms with E-state index in [0.717, 1.165) is 5.56 Å². The first-order valence-electron chi connectivity index (χ1n) is 4.98. The molecule has 4 heteroatoms. The highest BCUT2D eigenvalue weighted by atomic mass is 16.5. The summed E-state index contributed by atoms with van der Waals surface area (Å²) in [5.41, 5.74) is 0.975. The molecule has 0 unspecified atom stereocenters. The summed E-state index contributed by atoms with van der Waals surface area (Å²) in [7, 11) is 0. The standard InChI is InChI=1S/C12H12N2O2/c15-12-6-7-13-9-14(12)10-16-8-11-4-2-1-3-5-11/h1-7,9H,8,10H2. The molecule has 2 aromatic rings. The number of nitrogens with zero attached hydrogens (tertiary/aromatic N) is 2. The van der Waals surface area contributed by atoms with Gasteiger partial charge in [0.05, 0.1) is 12.9 Å². The maximum absolute atomic E-state index is 11.3. The normalized spacial score (nSPS) is 10.2. The third kappa shape index (κ3) is 2.77. The molecule has 1 aromatic carbocycles. The molecule has 0 aliphatic rings. The van der Waals surface area contributed by atoms with Crippen molar-refractivity contribution < 1.29 is 4.74 Å². The fourth-order valence-electron chi connectivity index (χ4n) is 1.31. The van der Waals surface area contributed by atoms with E-state index in [1.54, 1.807) is 0 Å². The van der Waals surface area contributed by atoms with Crippen LogP contribution in [0.15, 0.2) is 53.7 Å². The Morgan fingerprint density at radius 3 is 2.75 bits per heavy atom. The van der Waals surface area contributed by atoms with Gasteiger partial charge in [0.2, 0.25) is 0 Å². The molecule has 0 atom stereocenters. The lowest BCUT2D eigenvalue weighted by Gasteiger charge is -2.05. The molecule has 0 radical (unpaired) electrons. The maximum Gasteiger partial charge on any atom is 0.255 e. The molecule has 0 aliphatic heterocycles. The second-order valence-electron chi connectivity index (χ2n) is 3.35. The van der Waals surface area contributed by atoms with E-state index in [9.17, 15) is 4.79 Å². The van der Waals surface area contributed by atoms with E-state index >= 15 is 0 Å². The Morgan fingerprint density at radius 1 is 1.19 bits per heavy atom. The van der Waals surface area contributed by atoms with Crippen molar-refractivity contribution in [1.82, 2.24) is 9.55 Å². The highest BCUT2D eigenvalue weighted by molar-refractivity contribution is 5.13. The molecule has 0 aliphatic carbocycles. The van der Waals surface area contributed by atoms with Crippen molar-refractivity contribution in [3.63, 3.8) is 0 Å². The highest BCUT2D eigenvalue weighted by Gasteiger charge is 1.95. The quantitative estimate of drug-likeness (QED) is 0.776. The topological polar surface area (TPSA) is 44.1 Å². The predicted molar refractivity (Wildman–Crippen MR) is 59.7 cm³/mol. The van der Waals surface area contributed by atoms with Gasteiger partial charge >= 0.3 is 0 Å². The molecular weight excluding hydrogens is 204 g/mol. The number of ether oxygens (including phenoxy) is 1. The first-order chi connectivity index (χ1) is 7.86. The van der Waals surface area contributed by atoms with Gasteiger partial charge in [-0.15, -0.1) is 0 Å². The first-order valence-corrected chi connectivity index (χ1v) is 4.98. The van der Waals surface area contributed by atoms with Gasteiger partial charge < -0.3 is 4.74 Å². The van der Waals surface area contributed by atoms with Gasteiger partial charge in [0.25, 0.3) is 5.56 Å². The lowest BCUT2D eigenvalue weighted by atomic mass is 10.2. The molecular formula is C12H12N2O2. The lowest BCUT2D eigenvalue weighted by molar-refractivity contribution is 0.0610. The van der Waals surface area contributed by atoms with Gasteiger partial charge in [-0.3, -0.25) is 9.36 Å². The molecule has 16 heavy (non-hydrogen) atoms. The van der Waals surface area contributed by atoms with Crippen molar-refractivity contribution >= 4 is 0 Å². The number of benzene rings is 1. The molecule has 2 rings (SSSR count). The summed E-state index contributed by atoms with van der Waals surface area (Å²) in [6.45, 7) is 0.712. The zero-order valence-electron chi connectivity index (χ0n) is 8.74. The largest absolute Gasteiger partial charge is 0.356 e. The van der Waals surface area contributed by atoms with Crippen molar-refractivity contribution in [2.24, 2.45) is 0 Å². The SMILES string of the molecule is O=c1ccncn1COCc1ccccc1. The van der Waals surface area contributed by atoms with E-state index in [1.165, 1.54) is 23.2 Å². The van der Waals surface area contributed by atoms with Crippen molar-refractivity contribution in [3.8, 4) is 0 Å². The van der Waals surface area contributed by atoms with Crippen LogP contribution in [0, 0.1) is 0 Å². The van der Waals surface area contributed by atoms with Gasteiger partial charge in [0, 0.05) is 12.3 Å². The van der Waals surface area contributed by atoms with Crippen LogP contribution in [-0.2, 0) is 18.1 Å². The van der Waals surface area contributed by atoms with Crippen LogP contribution in [0.2, 0.25) is 0 Å². The fourth-order valence-corrected chi connectivity index (χ4v) is 1.31. The minimum absolute atomic E-state index is 0.108. The van der Waals surface area contributed by atoms with Crippen molar-refractivity contribution in [1.29, 1.82) is 0 Å². The minimum atomic E-state index is -0.108. The Kier molecular flexibility index (Phi) is 3.46. The van der Waals surface area contributed by atoms with Crippen LogP contribution in [0.25, 0.3) is 0 Å². The van der Waals surface area contributed by atoms with Crippen LogP contribution >= 0.6 is 0 Å². The summed E-state index contributed by atoms with van der Waals surface area (Å²) < 4.78 is 6.83. The van der Waals surface area contributed by atoms with Crippen LogP contribution in [0.5, 0.6) is 0 Å². The van der Waals surface area contributed by atoms with E-state index in [4.69, 9.17) is 4.74 Å². The fraction of sp³-hybridized carbons (Fsp3) is 0.167. The lowest BCUT2D eigenvalue weighted by Crippen LogP contribution is -2.20. The van der Waals surface area contributed by atoms with Crippen LogP contribution < -0.4 is 5.56 Å². The zero-order valence-corrected chi connectivity index (χ0v) is 8.74. The highest BCUT2D eigenvalue weighted by Crippen LogP contribution is 2.00. The number of aromatic nitrogens is 2. The minimum Gasteiger partial charge on any atom is -0.356 e. The second kappa shape index (κ2) is 5.23. The van der Waals surface area contributed by atoms with E-state index < -0.39 is 0 Å². The summed E-state index contributed by atoms with van der Waals surface area (Å²) in [6.07, 6.45) is 2.93. The van der Waals surface area contributed by atoms with Gasteiger partial charge in [-0.2, -0.15) is 0 Å². The molecule has 0 saturated carbocycles. The van der Waals surface area contributed by atoms with Crippen LogP contribution in [0.4, 0.5) is 0 Å². The van der Waals surface area contributed by atoms with Gasteiger partial charge in [-0.05, 0) is 5.56 Å². The van der Waals surface area contributed by atoms with Crippen LogP contribution in [0.1, 0.15) is 5.56 Å². The average Bonchev–Trinajstić information content (AvgIpc) is 2.33. The number of hydrogen-bond acceptors (Lipinski definition) is 3. The molecule has 0 N–H and O–H groups in total. The van der Waals surface area contributed by atoms with Crippen LogP contribution in [-0.4, -0.2) is 9.55 Å². The number of rotatable bonds is 4. The maximum atomic E-state index is 11.3. The third-order valence-electron chi connectivity index (χ3n) is 2.13. The van der Waals surface area contributed by atoms with Gasteiger partial charge in [0.15, 0.2) is 0 Å². The van der Waals surface area contributed by atoms with E-state index in [2.05, 4.69) is 4.98 Å². The molecule has 82 valence electrons. The molecule has 0 spiro atoms. The molecule has 1 heterocycles. The Bertz CT molecular complexity index is 494. The molecule has 0 saturated heterocycles. The summed E-state index contributed by atoms with van der Waals surface area (Å²) in [5.74, 6) is 0. The van der Waals surface area contributed by atoms with Crippen molar-refractivity contribution in [3.05, 3.63) is 64.8 Å². The van der Waals surface area contributed by atoms with Gasteiger partial charge in [-0.25, -0.2) is 4.98 Å². The molecule has 1 aromatic heterocycles. The zero-order chi connectivity index (χ0) is 11.2. The number of hydrogen-bond donors (Lipinski definition) is 0. The van der Waals surface area contributed by atoms with E-state index in [-0.39, 0.29) is 12.3 Å². The Balaban J connectivity index is 1.90.